The molecule has 0 aromatic heterocycles. The predicted molar refractivity (Wildman–Crippen MR) is 115 cm³/mol. The SMILES string of the molecule is CC(C)c1cccc(-c2cccc(-c3ccccc3)c2C(=O)C(C)(C)C)c1. The Hall–Kier alpha value is -2.67. The van der Waals surface area contributed by atoms with Crippen molar-refractivity contribution in [2.75, 3.05) is 0 Å². The third kappa shape index (κ3) is 4.03. The second kappa shape index (κ2) is 7.52. The molecule has 27 heavy (non-hydrogen) atoms. The summed E-state index contributed by atoms with van der Waals surface area (Å²) in [5, 5.41) is 0. The molecule has 0 amide bonds. The summed E-state index contributed by atoms with van der Waals surface area (Å²) in [5.41, 5.74) is 5.85. The van der Waals surface area contributed by atoms with Crippen LogP contribution in [0.25, 0.3) is 22.3 Å². The first-order valence-electron chi connectivity index (χ1n) is 9.62. The van der Waals surface area contributed by atoms with Gasteiger partial charge in [0.05, 0.1) is 0 Å². The van der Waals surface area contributed by atoms with Gasteiger partial charge in [-0.25, -0.2) is 0 Å². The topological polar surface area (TPSA) is 17.1 Å². The molecule has 3 aromatic carbocycles. The standard InChI is InChI=1S/C26H28O/c1-18(2)20-13-9-14-21(17-20)23-16-10-15-22(19-11-7-6-8-12-19)24(23)25(27)26(3,4)5/h6-18H,1-5H3. The second-order valence-electron chi connectivity index (χ2n) is 8.45. The smallest absolute Gasteiger partial charge is 0.169 e. The molecule has 1 heteroatoms. The highest BCUT2D eigenvalue weighted by atomic mass is 16.1. The van der Waals surface area contributed by atoms with E-state index in [0.29, 0.717) is 5.92 Å². The van der Waals surface area contributed by atoms with Crippen molar-refractivity contribution in [1.29, 1.82) is 0 Å². The van der Waals surface area contributed by atoms with E-state index in [1.165, 1.54) is 5.56 Å². The van der Waals surface area contributed by atoms with Gasteiger partial charge in [-0.3, -0.25) is 4.79 Å². The Labute approximate surface area is 163 Å². The van der Waals surface area contributed by atoms with E-state index in [1.54, 1.807) is 0 Å². The maximum absolute atomic E-state index is 13.5. The van der Waals surface area contributed by atoms with Crippen molar-refractivity contribution in [3.8, 4) is 22.3 Å². The van der Waals surface area contributed by atoms with Crippen LogP contribution >= 0.6 is 0 Å². The lowest BCUT2D eigenvalue weighted by Crippen LogP contribution is -2.22. The number of hydrogen-bond acceptors (Lipinski definition) is 1. The Morgan fingerprint density at radius 2 is 1.30 bits per heavy atom. The molecule has 0 aliphatic carbocycles. The van der Waals surface area contributed by atoms with Gasteiger partial charge < -0.3 is 0 Å². The zero-order valence-corrected chi connectivity index (χ0v) is 16.9. The van der Waals surface area contributed by atoms with Gasteiger partial charge in [-0.15, -0.1) is 0 Å². The van der Waals surface area contributed by atoms with Crippen molar-refractivity contribution < 1.29 is 4.79 Å². The Morgan fingerprint density at radius 1 is 0.741 bits per heavy atom. The number of carbonyl (C=O) groups is 1. The van der Waals surface area contributed by atoms with Crippen molar-refractivity contribution in [1.82, 2.24) is 0 Å². The largest absolute Gasteiger partial charge is 0.294 e. The first-order valence-corrected chi connectivity index (χ1v) is 9.62. The number of benzene rings is 3. The van der Waals surface area contributed by atoms with Crippen LogP contribution in [0.2, 0.25) is 0 Å². The van der Waals surface area contributed by atoms with Crippen LogP contribution in [0.3, 0.4) is 0 Å². The third-order valence-corrected chi connectivity index (χ3v) is 4.92. The van der Waals surface area contributed by atoms with Gasteiger partial charge in [0.2, 0.25) is 0 Å². The first kappa shape index (κ1) is 19.1. The molecule has 0 N–H and O–H groups in total. The van der Waals surface area contributed by atoms with Crippen LogP contribution in [0.1, 0.15) is 56.5 Å². The van der Waals surface area contributed by atoms with Gasteiger partial charge in [0, 0.05) is 11.0 Å². The Morgan fingerprint density at radius 3 is 1.89 bits per heavy atom. The lowest BCUT2D eigenvalue weighted by atomic mass is 9.79. The minimum atomic E-state index is -0.449. The molecule has 1 nitrogen and oxygen atoms in total. The quantitative estimate of drug-likeness (QED) is 0.446. The molecular weight excluding hydrogens is 328 g/mol. The van der Waals surface area contributed by atoms with E-state index in [9.17, 15) is 4.79 Å². The van der Waals surface area contributed by atoms with Crippen molar-refractivity contribution in [3.05, 3.63) is 83.9 Å². The molecule has 3 rings (SSSR count). The third-order valence-electron chi connectivity index (χ3n) is 4.92. The Bertz CT molecular complexity index is 943. The molecule has 0 fully saturated rings. The van der Waals surface area contributed by atoms with E-state index >= 15 is 0 Å². The van der Waals surface area contributed by atoms with E-state index in [-0.39, 0.29) is 5.78 Å². The maximum atomic E-state index is 13.5. The van der Waals surface area contributed by atoms with Crippen LogP contribution in [-0.4, -0.2) is 5.78 Å². The number of Topliss-reactive ketones (excluding diaryl/α,β-unsaturated/α-hetero) is 1. The van der Waals surface area contributed by atoms with Gasteiger partial charge >= 0.3 is 0 Å². The zero-order chi connectivity index (χ0) is 19.6. The molecule has 0 saturated carbocycles. The Balaban J connectivity index is 2.29. The summed E-state index contributed by atoms with van der Waals surface area (Å²) in [5.74, 6) is 0.621. The summed E-state index contributed by atoms with van der Waals surface area (Å²) in [7, 11) is 0. The average Bonchev–Trinajstić information content (AvgIpc) is 2.67. The molecule has 138 valence electrons. The van der Waals surface area contributed by atoms with Crippen molar-refractivity contribution in [3.63, 3.8) is 0 Å². The van der Waals surface area contributed by atoms with Crippen LogP contribution in [0.15, 0.2) is 72.8 Å². The lowest BCUT2D eigenvalue weighted by molar-refractivity contribution is 0.0859. The fourth-order valence-electron chi connectivity index (χ4n) is 3.34. The summed E-state index contributed by atoms with van der Waals surface area (Å²) >= 11 is 0. The summed E-state index contributed by atoms with van der Waals surface area (Å²) in [6, 6.07) is 24.9. The van der Waals surface area contributed by atoms with E-state index < -0.39 is 5.41 Å². The molecule has 0 aliphatic rings. The van der Waals surface area contributed by atoms with Crippen molar-refractivity contribution in [2.24, 2.45) is 5.41 Å². The molecule has 0 unspecified atom stereocenters. The normalized spacial score (nSPS) is 11.6. The second-order valence-corrected chi connectivity index (χ2v) is 8.45. The van der Waals surface area contributed by atoms with Crippen LogP contribution in [-0.2, 0) is 0 Å². The number of carbonyl (C=O) groups excluding carboxylic acids is 1. The zero-order valence-electron chi connectivity index (χ0n) is 16.9. The van der Waals surface area contributed by atoms with Gasteiger partial charge in [-0.2, -0.15) is 0 Å². The molecule has 0 saturated heterocycles. The van der Waals surface area contributed by atoms with Gasteiger partial charge in [-0.1, -0.05) is 107 Å². The summed E-state index contributed by atoms with van der Waals surface area (Å²) < 4.78 is 0. The van der Waals surface area contributed by atoms with E-state index in [4.69, 9.17) is 0 Å². The molecule has 0 heterocycles. The molecule has 0 atom stereocenters. The maximum Gasteiger partial charge on any atom is 0.169 e. The lowest BCUT2D eigenvalue weighted by Gasteiger charge is -2.22. The number of hydrogen-bond donors (Lipinski definition) is 0. The van der Waals surface area contributed by atoms with Crippen LogP contribution in [0.5, 0.6) is 0 Å². The van der Waals surface area contributed by atoms with Crippen molar-refractivity contribution in [2.45, 2.75) is 40.5 Å². The summed E-state index contributed by atoms with van der Waals surface area (Å²) in [6.45, 7) is 10.4. The highest BCUT2D eigenvalue weighted by molar-refractivity contribution is 6.10. The monoisotopic (exact) mass is 356 g/mol. The highest BCUT2D eigenvalue weighted by Gasteiger charge is 2.28. The molecule has 0 aliphatic heterocycles. The number of ketones is 1. The number of rotatable bonds is 4. The minimum Gasteiger partial charge on any atom is -0.294 e. The molecule has 0 spiro atoms. The molecule has 3 aromatic rings. The predicted octanol–water partition coefficient (Wildman–Crippen LogP) is 7.37. The van der Waals surface area contributed by atoms with Crippen LogP contribution < -0.4 is 0 Å². The first-order chi connectivity index (χ1) is 12.8. The molecule has 0 bridgehead atoms. The van der Waals surface area contributed by atoms with Crippen LogP contribution in [0, 0.1) is 5.41 Å². The van der Waals surface area contributed by atoms with E-state index in [1.807, 2.05) is 39.0 Å². The summed E-state index contributed by atoms with van der Waals surface area (Å²) in [6.07, 6.45) is 0. The minimum absolute atomic E-state index is 0.173. The van der Waals surface area contributed by atoms with Gasteiger partial charge in [0.25, 0.3) is 0 Å². The van der Waals surface area contributed by atoms with Gasteiger partial charge in [-0.05, 0) is 33.7 Å². The highest BCUT2D eigenvalue weighted by Crippen LogP contribution is 2.37. The van der Waals surface area contributed by atoms with Crippen LogP contribution in [0.4, 0.5) is 0 Å². The van der Waals surface area contributed by atoms with Crippen molar-refractivity contribution >= 4 is 5.78 Å². The fraction of sp³-hybridized carbons (Fsp3) is 0.269. The van der Waals surface area contributed by atoms with Gasteiger partial charge in [0.15, 0.2) is 5.78 Å². The summed E-state index contributed by atoms with van der Waals surface area (Å²) in [4.78, 5) is 13.5. The molecule has 0 radical (unpaired) electrons. The van der Waals surface area contributed by atoms with Gasteiger partial charge in [0.1, 0.15) is 0 Å². The molecular formula is C26H28O. The fourth-order valence-corrected chi connectivity index (χ4v) is 3.34. The Kier molecular flexibility index (Phi) is 5.32. The van der Waals surface area contributed by atoms with E-state index in [0.717, 1.165) is 27.8 Å². The average molecular weight is 357 g/mol. The van der Waals surface area contributed by atoms with E-state index in [2.05, 4.69) is 68.4 Å².